The molecule has 6 nitrogen and oxygen atoms in total. The second kappa shape index (κ2) is 7.65. The van der Waals surface area contributed by atoms with Gasteiger partial charge in [-0.25, -0.2) is 17.9 Å². The van der Waals surface area contributed by atoms with Crippen LogP contribution in [0, 0.1) is 6.92 Å². The maximum Gasteiger partial charge on any atom is 0.338 e. The number of esters is 1. The van der Waals surface area contributed by atoms with Gasteiger partial charge in [-0.2, -0.15) is 0 Å². The smallest absolute Gasteiger partial charge is 0.338 e. The summed E-state index contributed by atoms with van der Waals surface area (Å²) in [5.41, 5.74) is 3.19. The quantitative estimate of drug-likeness (QED) is 0.616. The molecule has 4 rings (SSSR count). The van der Waals surface area contributed by atoms with Gasteiger partial charge in [-0.05, 0) is 42.3 Å². The maximum absolute atomic E-state index is 12.8. The summed E-state index contributed by atoms with van der Waals surface area (Å²) in [7, 11) is -1.83. The predicted molar refractivity (Wildman–Crippen MR) is 110 cm³/mol. The Morgan fingerprint density at radius 2 is 1.90 bits per heavy atom. The molecule has 0 spiro atoms. The first-order valence-corrected chi connectivity index (χ1v) is 11.0. The standard InChI is InChI=1S/C22H23NO5S/c1-14-4-3-5-16(10-14)22(24)28-20-12-21-17(13-23-29(21,25)26)11-19(20)15-6-8-18(27-2)9-7-15/h3-11,19-21,23H,12-13H2,1-2H3/t19-,20-,21+/m1/s1. The average molecular weight is 413 g/mol. The molecular weight excluding hydrogens is 390 g/mol. The van der Waals surface area contributed by atoms with Crippen LogP contribution in [0.25, 0.3) is 0 Å². The van der Waals surface area contributed by atoms with Crippen LogP contribution in [0.3, 0.4) is 0 Å². The largest absolute Gasteiger partial charge is 0.497 e. The molecular formula is C22H23NO5S. The highest BCUT2D eigenvalue weighted by Gasteiger charge is 2.44. The summed E-state index contributed by atoms with van der Waals surface area (Å²) >= 11 is 0. The number of rotatable bonds is 4. The van der Waals surface area contributed by atoms with E-state index < -0.39 is 27.3 Å². The highest BCUT2D eigenvalue weighted by atomic mass is 32.2. The van der Waals surface area contributed by atoms with Crippen molar-refractivity contribution >= 4 is 16.0 Å². The summed E-state index contributed by atoms with van der Waals surface area (Å²) in [5, 5.41) is -0.660. The molecule has 2 aromatic carbocycles. The first-order chi connectivity index (χ1) is 13.9. The highest BCUT2D eigenvalue weighted by Crippen LogP contribution is 2.39. The van der Waals surface area contributed by atoms with E-state index in [1.165, 1.54) is 0 Å². The second-order valence-corrected chi connectivity index (χ2v) is 9.39. The summed E-state index contributed by atoms with van der Waals surface area (Å²) in [5.74, 6) is 0.0573. The number of benzene rings is 2. The van der Waals surface area contributed by atoms with Gasteiger partial charge in [0.05, 0.1) is 12.7 Å². The fourth-order valence-corrected chi connectivity index (χ4v) is 5.55. The average Bonchev–Trinajstić information content (AvgIpc) is 3.01. The van der Waals surface area contributed by atoms with Crippen LogP contribution in [0.1, 0.15) is 33.8 Å². The fraction of sp³-hybridized carbons (Fsp3) is 0.318. The lowest BCUT2D eigenvalue weighted by atomic mass is 9.82. The number of nitrogens with one attached hydrogen (secondary N) is 1. The molecule has 0 amide bonds. The normalized spacial score (nSPS) is 25.0. The number of aryl methyl sites for hydroxylation is 1. The van der Waals surface area contributed by atoms with Gasteiger partial charge in [-0.3, -0.25) is 0 Å². The Morgan fingerprint density at radius 1 is 1.14 bits per heavy atom. The van der Waals surface area contributed by atoms with Crippen molar-refractivity contribution in [2.75, 3.05) is 13.7 Å². The molecule has 2 aromatic rings. The van der Waals surface area contributed by atoms with E-state index in [0.29, 0.717) is 12.1 Å². The predicted octanol–water partition coefficient (Wildman–Crippen LogP) is 2.94. The van der Waals surface area contributed by atoms with E-state index in [9.17, 15) is 13.2 Å². The van der Waals surface area contributed by atoms with Crippen LogP contribution < -0.4 is 9.46 Å². The monoisotopic (exact) mass is 413 g/mol. The third-order valence-corrected chi connectivity index (χ3v) is 7.31. The lowest BCUT2D eigenvalue weighted by Gasteiger charge is -2.32. The van der Waals surface area contributed by atoms with E-state index in [0.717, 1.165) is 22.4 Å². The lowest BCUT2D eigenvalue weighted by molar-refractivity contribution is 0.0237. The molecule has 1 aliphatic heterocycles. The molecule has 29 heavy (non-hydrogen) atoms. The topological polar surface area (TPSA) is 81.7 Å². The molecule has 1 N–H and O–H groups in total. The molecule has 0 unspecified atom stereocenters. The first kappa shape index (κ1) is 19.7. The van der Waals surface area contributed by atoms with Gasteiger partial charge in [0.2, 0.25) is 10.0 Å². The van der Waals surface area contributed by atoms with Crippen molar-refractivity contribution in [1.82, 2.24) is 4.72 Å². The Labute approximate surface area is 170 Å². The van der Waals surface area contributed by atoms with E-state index in [-0.39, 0.29) is 12.3 Å². The van der Waals surface area contributed by atoms with Crippen LogP contribution in [0.2, 0.25) is 0 Å². The minimum atomic E-state index is -3.43. The van der Waals surface area contributed by atoms with E-state index >= 15 is 0 Å². The number of methoxy groups -OCH3 is 1. The van der Waals surface area contributed by atoms with Gasteiger partial charge in [-0.15, -0.1) is 0 Å². The molecule has 1 saturated heterocycles. The zero-order valence-corrected chi connectivity index (χ0v) is 17.1. The van der Waals surface area contributed by atoms with Crippen LogP contribution in [0.15, 0.2) is 60.2 Å². The van der Waals surface area contributed by atoms with Gasteiger partial charge in [0.25, 0.3) is 0 Å². The van der Waals surface area contributed by atoms with Crippen molar-refractivity contribution in [3.05, 3.63) is 76.9 Å². The summed E-state index contributed by atoms with van der Waals surface area (Å²) in [6.45, 7) is 2.21. The molecule has 7 heteroatoms. The fourth-order valence-electron chi connectivity index (χ4n) is 3.97. The Morgan fingerprint density at radius 3 is 2.59 bits per heavy atom. The minimum Gasteiger partial charge on any atom is -0.497 e. The highest BCUT2D eigenvalue weighted by molar-refractivity contribution is 7.90. The Balaban J connectivity index is 1.67. The molecule has 1 fully saturated rings. The SMILES string of the molecule is COc1ccc([C@H]2C=C3CNS(=O)(=O)[C@H]3C[C@H]2OC(=O)c2cccc(C)c2)cc1. The molecule has 1 aliphatic carbocycles. The molecule has 1 heterocycles. The molecule has 0 bridgehead atoms. The first-order valence-electron chi connectivity index (χ1n) is 9.48. The van der Waals surface area contributed by atoms with E-state index in [1.54, 1.807) is 25.3 Å². The number of carbonyl (C=O) groups excluding carboxylic acids is 1. The van der Waals surface area contributed by atoms with Gasteiger partial charge in [0.15, 0.2) is 0 Å². The van der Waals surface area contributed by atoms with Gasteiger partial charge >= 0.3 is 5.97 Å². The summed E-state index contributed by atoms with van der Waals surface area (Å²) in [4.78, 5) is 12.8. The summed E-state index contributed by atoms with van der Waals surface area (Å²) in [6, 6.07) is 14.7. The molecule has 2 aliphatic rings. The molecule has 0 radical (unpaired) electrons. The van der Waals surface area contributed by atoms with Crippen LogP contribution in [-0.2, 0) is 14.8 Å². The van der Waals surface area contributed by atoms with E-state index in [2.05, 4.69) is 4.72 Å². The van der Waals surface area contributed by atoms with Crippen molar-refractivity contribution in [3.63, 3.8) is 0 Å². The number of hydrogen-bond acceptors (Lipinski definition) is 5. The van der Waals surface area contributed by atoms with Crippen molar-refractivity contribution in [2.24, 2.45) is 0 Å². The van der Waals surface area contributed by atoms with Crippen LogP contribution in [0.4, 0.5) is 0 Å². The molecule has 0 aromatic heterocycles. The Kier molecular flexibility index (Phi) is 5.19. The Hall–Kier alpha value is -2.64. The van der Waals surface area contributed by atoms with Gasteiger partial charge in [0.1, 0.15) is 17.1 Å². The zero-order chi connectivity index (χ0) is 20.6. The number of sulfonamides is 1. The Bertz CT molecular complexity index is 1060. The van der Waals surface area contributed by atoms with Gasteiger partial charge < -0.3 is 9.47 Å². The van der Waals surface area contributed by atoms with Crippen molar-refractivity contribution in [1.29, 1.82) is 0 Å². The van der Waals surface area contributed by atoms with Crippen LogP contribution in [-0.4, -0.2) is 39.4 Å². The van der Waals surface area contributed by atoms with Gasteiger partial charge in [-0.1, -0.05) is 35.9 Å². The van der Waals surface area contributed by atoms with E-state index in [1.807, 2.05) is 43.3 Å². The number of ether oxygens (including phenoxy) is 2. The molecule has 152 valence electrons. The molecule has 0 saturated carbocycles. The van der Waals surface area contributed by atoms with Crippen molar-refractivity contribution in [2.45, 2.75) is 30.6 Å². The number of carbonyl (C=O) groups is 1. The third-order valence-electron chi connectivity index (χ3n) is 5.52. The third kappa shape index (κ3) is 3.93. The number of fused-ring (bicyclic) bond motifs is 1. The van der Waals surface area contributed by atoms with Crippen LogP contribution in [0.5, 0.6) is 5.75 Å². The lowest BCUT2D eigenvalue weighted by Crippen LogP contribution is -2.36. The minimum absolute atomic E-state index is 0.226. The summed E-state index contributed by atoms with van der Waals surface area (Å²) < 4.78 is 38.4. The number of hydrogen-bond donors (Lipinski definition) is 1. The van der Waals surface area contributed by atoms with Gasteiger partial charge in [0, 0.05) is 18.9 Å². The van der Waals surface area contributed by atoms with Crippen molar-refractivity contribution < 1.29 is 22.7 Å². The summed E-state index contributed by atoms with van der Waals surface area (Å²) in [6.07, 6.45) is 1.58. The molecule has 3 atom stereocenters. The van der Waals surface area contributed by atoms with Crippen molar-refractivity contribution in [3.8, 4) is 5.75 Å². The zero-order valence-electron chi connectivity index (χ0n) is 16.3. The van der Waals surface area contributed by atoms with Crippen LogP contribution >= 0.6 is 0 Å². The van der Waals surface area contributed by atoms with E-state index in [4.69, 9.17) is 9.47 Å². The maximum atomic E-state index is 12.8. The second-order valence-electron chi connectivity index (χ2n) is 7.44.